The van der Waals surface area contributed by atoms with Crippen molar-refractivity contribution in [2.24, 2.45) is 5.73 Å². The van der Waals surface area contributed by atoms with Crippen LogP contribution < -0.4 is 11.1 Å². The standard InChI is InChI=1S/C6H16N2/c1-2-5-8-6-3-4-7/h8H,2-7H2,1H3/p+1. The van der Waals surface area contributed by atoms with Crippen LogP contribution in [0.2, 0.25) is 0 Å². The van der Waals surface area contributed by atoms with Crippen LogP contribution in [0.15, 0.2) is 0 Å². The second kappa shape index (κ2) is 6.92. The van der Waals surface area contributed by atoms with Crippen LogP contribution in [0.25, 0.3) is 0 Å². The Labute approximate surface area is 51.5 Å². The number of quaternary nitrogens is 1. The first kappa shape index (κ1) is 7.92. The van der Waals surface area contributed by atoms with E-state index in [2.05, 4.69) is 12.2 Å². The van der Waals surface area contributed by atoms with Crippen LogP contribution in [0.5, 0.6) is 0 Å². The molecule has 8 heavy (non-hydrogen) atoms. The third-order valence-corrected chi connectivity index (χ3v) is 1.11. The SMILES string of the molecule is CCC[NH2+]CCCN. The number of hydrogen-bond donors (Lipinski definition) is 2. The molecule has 0 rings (SSSR count). The molecular formula is C6H17N2+. The third-order valence-electron chi connectivity index (χ3n) is 1.11. The fourth-order valence-corrected chi connectivity index (χ4v) is 0.611. The maximum atomic E-state index is 5.29. The van der Waals surface area contributed by atoms with Gasteiger partial charge in [-0.15, -0.1) is 0 Å². The van der Waals surface area contributed by atoms with E-state index >= 15 is 0 Å². The minimum atomic E-state index is 0.834. The Kier molecular flexibility index (Phi) is 6.85. The summed E-state index contributed by atoms with van der Waals surface area (Å²) in [7, 11) is 0. The van der Waals surface area contributed by atoms with Crippen LogP contribution in [-0.4, -0.2) is 19.6 Å². The highest BCUT2D eigenvalue weighted by atomic mass is 14.8. The van der Waals surface area contributed by atoms with Gasteiger partial charge in [0.2, 0.25) is 0 Å². The maximum Gasteiger partial charge on any atom is 0.0767 e. The molecule has 0 aromatic heterocycles. The summed E-state index contributed by atoms with van der Waals surface area (Å²) in [5.41, 5.74) is 5.29. The molecule has 0 spiro atoms. The largest absolute Gasteiger partial charge is 0.346 e. The Bertz CT molecular complexity index is 31.5. The minimum absolute atomic E-state index is 0.834. The Balaban J connectivity index is 2.53. The molecule has 0 amide bonds. The summed E-state index contributed by atoms with van der Waals surface area (Å²) in [5.74, 6) is 0. The van der Waals surface area contributed by atoms with Crippen LogP contribution in [0.3, 0.4) is 0 Å². The van der Waals surface area contributed by atoms with E-state index < -0.39 is 0 Å². The van der Waals surface area contributed by atoms with Gasteiger partial charge in [-0.05, 0) is 13.0 Å². The zero-order valence-corrected chi connectivity index (χ0v) is 5.69. The lowest BCUT2D eigenvalue weighted by Crippen LogP contribution is -2.84. The Morgan fingerprint density at radius 1 is 1.38 bits per heavy atom. The molecule has 0 unspecified atom stereocenters. The quantitative estimate of drug-likeness (QED) is 0.460. The van der Waals surface area contributed by atoms with Gasteiger partial charge in [0.25, 0.3) is 0 Å². The molecule has 0 saturated carbocycles. The molecule has 0 heterocycles. The predicted octanol–water partition coefficient (Wildman–Crippen LogP) is -0.691. The third kappa shape index (κ3) is 5.92. The van der Waals surface area contributed by atoms with Crippen molar-refractivity contribution in [2.75, 3.05) is 19.6 Å². The first-order valence-electron chi connectivity index (χ1n) is 3.43. The van der Waals surface area contributed by atoms with Crippen LogP contribution in [0, 0.1) is 0 Å². The Morgan fingerprint density at radius 3 is 2.62 bits per heavy atom. The van der Waals surface area contributed by atoms with Crippen molar-refractivity contribution in [1.29, 1.82) is 0 Å². The second-order valence-corrected chi connectivity index (χ2v) is 2.01. The summed E-state index contributed by atoms with van der Waals surface area (Å²) >= 11 is 0. The zero-order valence-electron chi connectivity index (χ0n) is 5.69. The van der Waals surface area contributed by atoms with Crippen molar-refractivity contribution >= 4 is 0 Å². The fourth-order valence-electron chi connectivity index (χ4n) is 0.611. The van der Waals surface area contributed by atoms with Gasteiger partial charge in [0, 0.05) is 6.42 Å². The average molecular weight is 117 g/mol. The lowest BCUT2D eigenvalue weighted by atomic mass is 10.4. The van der Waals surface area contributed by atoms with Crippen molar-refractivity contribution in [1.82, 2.24) is 0 Å². The fraction of sp³-hybridized carbons (Fsp3) is 1.00. The highest BCUT2D eigenvalue weighted by Crippen LogP contribution is 1.62. The topological polar surface area (TPSA) is 42.6 Å². The Hall–Kier alpha value is -0.0800. The van der Waals surface area contributed by atoms with Crippen molar-refractivity contribution < 1.29 is 5.32 Å². The molecule has 0 bridgehead atoms. The average Bonchev–Trinajstić information content (AvgIpc) is 1.81. The first-order valence-corrected chi connectivity index (χ1v) is 3.43. The van der Waals surface area contributed by atoms with E-state index in [0.29, 0.717) is 0 Å². The van der Waals surface area contributed by atoms with Crippen molar-refractivity contribution in [3.63, 3.8) is 0 Å². The molecule has 2 heteroatoms. The van der Waals surface area contributed by atoms with Crippen molar-refractivity contribution in [3.8, 4) is 0 Å². The summed E-state index contributed by atoms with van der Waals surface area (Å²) < 4.78 is 0. The molecule has 0 aliphatic heterocycles. The van der Waals surface area contributed by atoms with E-state index in [9.17, 15) is 0 Å². The molecule has 0 radical (unpaired) electrons. The van der Waals surface area contributed by atoms with E-state index in [0.717, 1.165) is 13.0 Å². The minimum Gasteiger partial charge on any atom is -0.346 e. The summed E-state index contributed by atoms with van der Waals surface area (Å²) in [6, 6.07) is 0. The van der Waals surface area contributed by atoms with Gasteiger partial charge >= 0.3 is 0 Å². The molecular weight excluding hydrogens is 100 g/mol. The molecule has 0 aliphatic carbocycles. The van der Waals surface area contributed by atoms with Gasteiger partial charge in [-0.2, -0.15) is 0 Å². The van der Waals surface area contributed by atoms with Gasteiger partial charge in [-0.3, -0.25) is 0 Å². The molecule has 0 aromatic carbocycles. The molecule has 0 saturated heterocycles. The van der Waals surface area contributed by atoms with E-state index in [4.69, 9.17) is 5.73 Å². The lowest BCUT2D eigenvalue weighted by molar-refractivity contribution is -0.654. The van der Waals surface area contributed by atoms with Crippen LogP contribution in [0.4, 0.5) is 0 Å². The highest BCUT2D eigenvalue weighted by Gasteiger charge is 1.84. The molecule has 0 aromatic rings. The summed E-state index contributed by atoms with van der Waals surface area (Å²) in [5, 5.41) is 2.31. The monoisotopic (exact) mass is 117 g/mol. The van der Waals surface area contributed by atoms with Crippen LogP contribution in [-0.2, 0) is 0 Å². The molecule has 50 valence electrons. The second-order valence-electron chi connectivity index (χ2n) is 2.01. The van der Waals surface area contributed by atoms with E-state index in [1.807, 2.05) is 0 Å². The zero-order chi connectivity index (χ0) is 6.24. The van der Waals surface area contributed by atoms with Gasteiger partial charge < -0.3 is 11.1 Å². The molecule has 0 aliphatic rings. The maximum absolute atomic E-state index is 5.29. The highest BCUT2D eigenvalue weighted by molar-refractivity contribution is 4.30. The smallest absolute Gasteiger partial charge is 0.0767 e. The van der Waals surface area contributed by atoms with Gasteiger partial charge in [-0.1, -0.05) is 6.92 Å². The van der Waals surface area contributed by atoms with Crippen molar-refractivity contribution in [3.05, 3.63) is 0 Å². The van der Waals surface area contributed by atoms with Crippen LogP contribution in [0.1, 0.15) is 19.8 Å². The number of nitrogens with two attached hydrogens (primary N) is 2. The molecule has 4 N–H and O–H groups in total. The molecule has 0 fully saturated rings. The first-order chi connectivity index (χ1) is 3.91. The molecule has 0 atom stereocenters. The lowest BCUT2D eigenvalue weighted by Gasteiger charge is -1.95. The summed E-state index contributed by atoms with van der Waals surface area (Å²) in [6.07, 6.45) is 2.42. The number of rotatable bonds is 5. The van der Waals surface area contributed by atoms with E-state index in [1.54, 1.807) is 0 Å². The normalized spacial score (nSPS) is 9.75. The summed E-state index contributed by atoms with van der Waals surface area (Å²) in [6.45, 7) is 5.48. The van der Waals surface area contributed by atoms with Gasteiger partial charge in [0.1, 0.15) is 0 Å². The molecule has 2 nitrogen and oxygen atoms in total. The van der Waals surface area contributed by atoms with Crippen molar-refractivity contribution in [2.45, 2.75) is 19.8 Å². The van der Waals surface area contributed by atoms with E-state index in [1.165, 1.54) is 19.5 Å². The predicted molar refractivity (Wildman–Crippen MR) is 35.6 cm³/mol. The van der Waals surface area contributed by atoms with Crippen LogP contribution >= 0.6 is 0 Å². The Morgan fingerprint density at radius 2 is 2.12 bits per heavy atom. The number of hydrogen-bond acceptors (Lipinski definition) is 1. The van der Waals surface area contributed by atoms with Gasteiger partial charge in [0.15, 0.2) is 0 Å². The van der Waals surface area contributed by atoms with E-state index in [-0.39, 0.29) is 0 Å². The van der Waals surface area contributed by atoms with Gasteiger partial charge in [0.05, 0.1) is 13.1 Å². The summed E-state index contributed by atoms with van der Waals surface area (Å²) in [4.78, 5) is 0. The van der Waals surface area contributed by atoms with Gasteiger partial charge in [-0.25, -0.2) is 0 Å².